The van der Waals surface area contributed by atoms with Crippen LogP contribution in [-0.2, 0) is 9.59 Å². The number of amides is 1. The number of hydrogen-bond acceptors (Lipinski definition) is 4. The monoisotopic (exact) mass is 368 g/mol. The molecule has 0 spiro atoms. The Labute approximate surface area is 154 Å². The first-order chi connectivity index (χ1) is 11.6. The molecule has 25 heavy (non-hydrogen) atoms. The van der Waals surface area contributed by atoms with Crippen LogP contribution in [0.3, 0.4) is 0 Å². The van der Waals surface area contributed by atoms with Gasteiger partial charge in [-0.15, -0.1) is 12.4 Å². The third kappa shape index (κ3) is 4.25. The van der Waals surface area contributed by atoms with Crippen LogP contribution in [0.4, 0.5) is 0 Å². The summed E-state index contributed by atoms with van der Waals surface area (Å²) < 4.78 is 5.19. The number of nitrogens with zero attached hydrogens (tertiary/aromatic N) is 2. The van der Waals surface area contributed by atoms with Gasteiger partial charge in [0.25, 0.3) is 0 Å². The van der Waals surface area contributed by atoms with E-state index in [1.54, 1.807) is 12.0 Å². The molecule has 138 valence electrons. The topological polar surface area (TPSA) is 70.1 Å². The van der Waals surface area contributed by atoms with E-state index in [1.807, 2.05) is 29.2 Å². The summed E-state index contributed by atoms with van der Waals surface area (Å²) in [4.78, 5) is 27.7. The third-order valence-electron chi connectivity index (χ3n) is 5.06. The summed E-state index contributed by atoms with van der Waals surface area (Å²) in [5.74, 6) is 0.00545. The van der Waals surface area contributed by atoms with Gasteiger partial charge < -0.3 is 14.7 Å². The third-order valence-corrected chi connectivity index (χ3v) is 5.06. The SMILES string of the molecule is COc1ccc(C2CCCN2C(=O)CN2CCC[C@@H]2C(=O)O)cc1.Cl. The molecule has 7 heteroatoms. The molecule has 3 rings (SSSR count). The quantitative estimate of drug-likeness (QED) is 0.863. The lowest BCUT2D eigenvalue weighted by atomic mass is 10.0. The van der Waals surface area contributed by atoms with Crippen molar-refractivity contribution in [2.45, 2.75) is 37.8 Å². The molecule has 0 bridgehead atoms. The van der Waals surface area contributed by atoms with Gasteiger partial charge in [0.15, 0.2) is 0 Å². The fourth-order valence-corrected chi connectivity index (χ4v) is 3.80. The van der Waals surface area contributed by atoms with Crippen LogP contribution in [0.15, 0.2) is 24.3 Å². The number of carbonyl (C=O) groups excluding carboxylic acids is 1. The van der Waals surface area contributed by atoms with Crippen LogP contribution < -0.4 is 4.74 Å². The van der Waals surface area contributed by atoms with Crippen molar-refractivity contribution in [1.82, 2.24) is 9.80 Å². The molecule has 0 radical (unpaired) electrons. The average molecular weight is 369 g/mol. The minimum atomic E-state index is -0.826. The van der Waals surface area contributed by atoms with Gasteiger partial charge in [-0.05, 0) is 49.9 Å². The van der Waals surface area contributed by atoms with Crippen LogP contribution in [0.25, 0.3) is 0 Å². The van der Waals surface area contributed by atoms with Crippen molar-refractivity contribution in [2.75, 3.05) is 26.7 Å². The van der Waals surface area contributed by atoms with E-state index in [4.69, 9.17) is 4.74 Å². The number of aliphatic carboxylic acids is 1. The fraction of sp³-hybridized carbons (Fsp3) is 0.556. The van der Waals surface area contributed by atoms with Crippen LogP contribution in [-0.4, -0.2) is 59.6 Å². The van der Waals surface area contributed by atoms with Crippen molar-refractivity contribution >= 4 is 24.3 Å². The first-order valence-electron chi connectivity index (χ1n) is 8.50. The summed E-state index contributed by atoms with van der Waals surface area (Å²) in [6.45, 7) is 1.62. The van der Waals surface area contributed by atoms with Gasteiger partial charge in [0.1, 0.15) is 11.8 Å². The molecule has 2 heterocycles. The molecular weight excluding hydrogens is 344 g/mol. The predicted molar refractivity (Wildman–Crippen MR) is 96.2 cm³/mol. The van der Waals surface area contributed by atoms with E-state index in [1.165, 1.54) is 0 Å². The first-order valence-corrected chi connectivity index (χ1v) is 8.50. The lowest BCUT2D eigenvalue weighted by Gasteiger charge is -2.28. The van der Waals surface area contributed by atoms with Crippen molar-refractivity contribution in [2.24, 2.45) is 0 Å². The molecular formula is C18H25ClN2O4. The summed E-state index contributed by atoms with van der Waals surface area (Å²) in [6, 6.07) is 7.40. The first kappa shape index (κ1) is 19.5. The highest BCUT2D eigenvalue weighted by atomic mass is 35.5. The lowest BCUT2D eigenvalue weighted by molar-refractivity contribution is -0.143. The van der Waals surface area contributed by atoms with Gasteiger partial charge in [-0.2, -0.15) is 0 Å². The number of carbonyl (C=O) groups is 2. The second kappa shape index (κ2) is 8.54. The zero-order valence-corrected chi connectivity index (χ0v) is 15.2. The number of carboxylic acid groups (broad SMARTS) is 1. The normalized spacial score (nSPS) is 23.3. The average Bonchev–Trinajstić information content (AvgIpc) is 3.24. The van der Waals surface area contributed by atoms with E-state index in [0.717, 1.165) is 37.1 Å². The second-order valence-electron chi connectivity index (χ2n) is 6.49. The molecule has 1 unspecified atom stereocenters. The van der Waals surface area contributed by atoms with Crippen molar-refractivity contribution < 1.29 is 19.4 Å². The highest BCUT2D eigenvalue weighted by Gasteiger charge is 2.35. The van der Waals surface area contributed by atoms with E-state index < -0.39 is 12.0 Å². The zero-order valence-electron chi connectivity index (χ0n) is 14.4. The standard InChI is InChI=1S/C18H24N2O4.ClH/c1-24-14-8-6-13(7-9-14)15-4-3-11-20(15)17(21)12-19-10-2-5-16(19)18(22)23;/h6-9,15-16H,2-5,10-12H2,1H3,(H,22,23);1H/t15?,16-;/m1./s1. The number of hydrogen-bond donors (Lipinski definition) is 1. The number of carboxylic acids is 1. The smallest absolute Gasteiger partial charge is 0.320 e. The molecule has 1 N–H and O–H groups in total. The summed E-state index contributed by atoms with van der Waals surface area (Å²) in [5, 5.41) is 9.26. The van der Waals surface area contributed by atoms with Gasteiger partial charge in [-0.25, -0.2) is 0 Å². The second-order valence-corrected chi connectivity index (χ2v) is 6.49. The van der Waals surface area contributed by atoms with Crippen molar-refractivity contribution in [3.8, 4) is 5.75 Å². The van der Waals surface area contributed by atoms with E-state index in [0.29, 0.717) is 13.0 Å². The van der Waals surface area contributed by atoms with Crippen LogP contribution >= 0.6 is 12.4 Å². The predicted octanol–water partition coefficient (Wildman–Crippen LogP) is 2.33. The Hall–Kier alpha value is -1.79. The maximum absolute atomic E-state index is 12.7. The fourth-order valence-electron chi connectivity index (χ4n) is 3.80. The van der Waals surface area contributed by atoms with Crippen LogP contribution in [0.1, 0.15) is 37.3 Å². The highest BCUT2D eigenvalue weighted by Crippen LogP contribution is 2.33. The Morgan fingerprint density at radius 3 is 2.48 bits per heavy atom. The Bertz CT molecular complexity index is 608. The van der Waals surface area contributed by atoms with Crippen LogP contribution in [0.5, 0.6) is 5.75 Å². The van der Waals surface area contributed by atoms with Crippen molar-refractivity contribution in [3.63, 3.8) is 0 Å². The largest absolute Gasteiger partial charge is 0.497 e. The molecule has 2 fully saturated rings. The Balaban J connectivity index is 0.00000225. The molecule has 2 atom stereocenters. The van der Waals surface area contributed by atoms with Crippen molar-refractivity contribution in [3.05, 3.63) is 29.8 Å². The van der Waals surface area contributed by atoms with Gasteiger partial charge in [0, 0.05) is 6.54 Å². The Morgan fingerprint density at radius 1 is 1.16 bits per heavy atom. The summed E-state index contributed by atoms with van der Waals surface area (Å²) in [6.07, 6.45) is 3.39. The molecule has 1 aromatic carbocycles. The maximum atomic E-state index is 12.7. The molecule has 0 aromatic heterocycles. The zero-order chi connectivity index (χ0) is 17.1. The van der Waals surface area contributed by atoms with Gasteiger partial charge in [-0.1, -0.05) is 12.1 Å². The summed E-state index contributed by atoms with van der Waals surface area (Å²) in [7, 11) is 1.63. The number of ether oxygens (including phenoxy) is 1. The van der Waals surface area contributed by atoms with Gasteiger partial charge in [0.2, 0.25) is 5.91 Å². The van der Waals surface area contributed by atoms with E-state index in [9.17, 15) is 14.7 Å². The Morgan fingerprint density at radius 2 is 1.84 bits per heavy atom. The minimum Gasteiger partial charge on any atom is -0.497 e. The van der Waals surface area contributed by atoms with Gasteiger partial charge in [0.05, 0.1) is 19.7 Å². The van der Waals surface area contributed by atoms with E-state index >= 15 is 0 Å². The number of rotatable bonds is 5. The lowest BCUT2D eigenvalue weighted by Crippen LogP contribution is -2.44. The number of methoxy groups -OCH3 is 1. The molecule has 0 aliphatic carbocycles. The molecule has 6 nitrogen and oxygen atoms in total. The molecule has 2 aliphatic rings. The van der Waals surface area contributed by atoms with Crippen LogP contribution in [0.2, 0.25) is 0 Å². The summed E-state index contributed by atoms with van der Waals surface area (Å²) >= 11 is 0. The van der Waals surface area contributed by atoms with Crippen LogP contribution in [0, 0.1) is 0 Å². The molecule has 1 aromatic rings. The molecule has 2 aliphatic heterocycles. The molecule has 2 saturated heterocycles. The van der Waals surface area contributed by atoms with E-state index in [2.05, 4.69) is 0 Å². The maximum Gasteiger partial charge on any atom is 0.320 e. The number of likely N-dealkylation sites (tertiary alicyclic amines) is 2. The van der Waals surface area contributed by atoms with Gasteiger partial charge >= 0.3 is 5.97 Å². The van der Waals surface area contributed by atoms with E-state index in [-0.39, 0.29) is 30.9 Å². The Kier molecular flexibility index (Phi) is 6.67. The minimum absolute atomic E-state index is 0. The highest BCUT2D eigenvalue weighted by molar-refractivity contribution is 5.85. The summed E-state index contributed by atoms with van der Waals surface area (Å²) in [5.41, 5.74) is 1.11. The molecule has 1 amide bonds. The van der Waals surface area contributed by atoms with Crippen molar-refractivity contribution in [1.29, 1.82) is 0 Å². The number of halogens is 1. The number of benzene rings is 1. The molecule has 0 saturated carbocycles. The van der Waals surface area contributed by atoms with Gasteiger partial charge in [-0.3, -0.25) is 14.5 Å².